The van der Waals surface area contributed by atoms with E-state index >= 15 is 0 Å². The number of nitrogens with two attached hydrogens (primary N) is 1. The van der Waals surface area contributed by atoms with Gasteiger partial charge in [-0.05, 0) is 18.2 Å². The second-order valence-corrected chi connectivity index (χ2v) is 4.32. The maximum absolute atomic E-state index is 12.6. The molecule has 9 heteroatoms. The molecule has 0 atom stereocenters. The summed E-state index contributed by atoms with van der Waals surface area (Å²) >= 11 is 0.561. The third-order valence-corrected chi connectivity index (χ3v) is 2.83. The van der Waals surface area contributed by atoms with E-state index in [4.69, 9.17) is 5.73 Å². The Hall–Kier alpha value is -1.64. The van der Waals surface area contributed by atoms with Crippen molar-refractivity contribution in [2.75, 3.05) is 5.73 Å². The van der Waals surface area contributed by atoms with Crippen LogP contribution in [0.5, 0.6) is 5.19 Å². The highest BCUT2D eigenvalue weighted by Gasteiger charge is 2.61. The molecule has 1 heterocycles. The number of aromatic nitrogens is 1. The molecular formula is C9H5F5N2OS. The lowest BCUT2D eigenvalue weighted by Crippen LogP contribution is -2.41. The minimum atomic E-state index is -5.79. The lowest BCUT2D eigenvalue weighted by molar-refractivity contribution is -0.360. The van der Waals surface area contributed by atoms with E-state index in [1.165, 1.54) is 18.2 Å². The molecule has 0 amide bonds. The van der Waals surface area contributed by atoms with Crippen molar-refractivity contribution >= 4 is 27.2 Å². The molecule has 0 saturated carbocycles. The Morgan fingerprint density at radius 2 is 1.83 bits per heavy atom. The van der Waals surface area contributed by atoms with Crippen LogP contribution < -0.4 is 10.5 Å². The average molecular weight is 284 g/mol. The van der Waals surface area contributed by atoms with Gasteiger partial charge in [0.15, 0.2) is 0 Å². The van der Waals surface area contributed by atoms with Gasteiger partial charge in [0.2, 0.25) is 0 Å². The lowest BCUT2D eigenvalue weighted by atomic mass is 10.3. The van der Waals surface area contributed by atoms with E-state index < -0.39 is 17.5 Å². The predicted octanol–water partition coefficient (Wildman–Crippen LogP) is 3.41. The standard InChI is InChI=1S/C9H5F5N2OS/c10-8(11,12)9(13,14)17-7-16-5-2-1-4(15)3-6(5)18-7/h1-3H,15H2. The van der Waals surface area contributed by atoms with Crippen LogP contribution in [0.4, 0.5) is 27.6 Å². The largest absolute Gasteiger partial charge is 0.500 e. The molecule has 0 radical (unpaired) electrons. The van der Waals surface area contributed by atoms with Gasteiger partial charge in [0.1, 0.15) is 0 Å². The number of alkyl halides is 5. The summed E-state index contributed by atoms with van der Waals surface area (Å²) in [6.07, 6.45) is -11.1. The molecule has 2 rings (SSSR count). The Kier molecular flexibility index (Phi) is 2.80. The fraction of sp³-hybridized carbons (Fsp3) is 0.222. The summed E-state index contributed by atoms with van der Waals surface area (Å²) in [5.41, 5.74) is 6.03. The smallest absolute Gasteiger partial charge is 0.399 e. The van der Waals surface area contributed by atoms with Gasteiger partial charge in [-0.1, -0.05) is 11.3 Å². The Morgan fingerprint density at radius 1 is 1.17 bits per heavy atom. The van der Waals surface area contributed by atoms with Gasteiger partial charge < -0.3 is 10.5 Å². The molecule has 0 aliphatic heterocycles. The van der Waals surface area contributed by atoms with Crippen LogP contribution in [0.2, 0.25) is 0 Å². The number of hydrogen-bond acceptors (Lipinski definition) is 4. The quantitative estimate of drug-likeness (QED) is 0.679. The summed E-state index contributed by atoms with van der Waals surface area (Å²) in [6.45, 7) is 0. The van der Waals surface area contributed by atoms with E-state index in [-0.39, 0.29) is 5.52 Å². The second kappa shape index (κ2) is 3.94. The van der Waals surface area contributed by atoms with Crippen molar-refractivity contribution in [2.24, 2.45) is 0 Å². The zero-order valence-corrected chi connectivity index (χ0v) is 9.28. The minimum Gasteiger partial charge on any atom is -0.399 e. The van der Waals surface area contributed by atoms with Gasteiger partial charge in [-0.3, -0.25) is 0 Å². The molecule has 0 aliphatic carbocycles. The third-order valence-electron chi connectivity index (χ3n) is 1.94. The topological polar surface area (TPSA) is 48.1 Å². The van der Waals surface area contributed by atoms with E-state index in [9.17, 15) is 22.0 Å². The van der Waals surface area contributed by atoms with Crippen molar-refractivity contribution < 1.29 is 26.7 Å². The van der Waals surface area contributed by atoms with Crippen molar-refractivity contribution in [1.82, 2.24) is 4.98 Å². The van der Waals surface area contributed by atoms with Gasteiger partial charge in [0, 0.05) is 5.69 Å². The first-order valence-corrected chi connectivity index (χ1v) is 5.30. The highest BCUT2D eigenvalue weighted by atomic mass is 32.1. The third kappa shape index (κ3) is 2.30. The predicted molar refractivity (Wildman–Crippen MR) is 55.7 cm³/mol. The Balaban J connectivity index is 2.33. The van der Waals surface area contributed by atoms with Gasteiger partial charge in [0.25, 0.3) is 5.19 Å². The van der Waals surface area contributed by atoms with Crippen molar-refractivity contribution in [2.45, 2.75) is 12.3 Å². The molecule has 1 aromatic carbocycles. The van der Waals surface area contributed by atoms with Gasteiger partial charge in [-0.15, -0.1) is 0 Å². The first-order valence-electron chi connectivity index (χ1n) is 4.49. The molecule has 1 aromatic heterocycles. The van der Waals surface area contributed by atoms with E-state index in [0.717, 1.165) is 0 Å². The normalized spacial score (nSPS) is 12.9. The van der Waals surface area contributed by atoms with E-state index in [1.807, 2.05) is 0 Å². The van der Waals surface area contributed by atoms with Crippen molar-refractivity contribution in [3.8, 4) is 5.19 Å². The zero-order valence-electron chi connectivity index (χ0n) is 8.46. The molecule has 2 aromatic rings. The van der Waals surface area contributed by atoms with Crippen LogP contribution in [0.3, 0.4) is 0 Å². The molecule has 0 unspecified atom stereocenters. The Morgan fingerprint density at radius 3 is 2.44 bits per heavy atom. The van der Waals surface area contributed by atoms with Crippen LogP contribution in [0.25, 0.3) is 10.2 Å². The molecule has 0 bridgehead atoms. The maximum Gasteiger partial charge on any atom is 0.500 e. The molecule has 0 fully saturated rings. The van der Waals surface area contributed by atoms with Crippen LogP contribution in [-0.4, -0.2) is 17.3 Å². The Labute approximate surface area is 101 Å². The van der Waals surface area contributed by atoms with Crippen LogP contribution in [0, 0.1) is 0 Å². The van der Waals surface area contributed by atoms with E-state index in [1.54, 1.807) is 0 Å². The SMILES string of the molecule is Nc1ccc2nc(OC(F)(F)C(F)(F)F)sc2c1. The molecule has 0 aliphatic rings. The van der Waals surface area contributed by atoms with Crippen molar-refractivity contribution in [3.63, 3.8) is 0 Å². The molecule has 98 valence electrons. The number of anilines is 1. The molecule has 0 saturated heterocycles. The monoisotopic (exact) mass is 284 g/mol. The average Bonchev–Trinajstić information content (AvgIpc) is 2.56. The number of halogens is 5. The van der Waals surface area contributed by atoms with Crippen LogP contribution in [0.1, 0.15) is 0 Å². The van der Waals surface area contributed by atoms with Crippen LogP contribution >= 0.6 is 11.3 Å². The molecule has 3 nitrogen and oxygen atoms in total. The molecule has 18 heavy (non-hydrogen) atoms. The zero-order chi connectivity index (χ0) is 13.6. The number of benzene rings is 1. The van der Waals surface area contributed by atoms with Crippen LogP contribution in [-0.2, 0) is 0 Å². The van der Waals surface area contributed by atoms with E-state index in [2.05, 4.69) is 9.72 Å². The number of nitrogen functional groups attached to an aromatic ring is 1. The lowest BCUT2D eigenvalue weighted by Gasteiger charge is -2.17. The van der Waals surface area contributed by atoms with Gasteiger partial charge in [0.05, 0.1) is 10.2 Å². The highest BCUT2D eigenvalue weighted by Crippen LogP contribution is 2.39. The molecule has 0 spiro atoms. The molecular weight excluding hydrogens is 279 g/mol. The fourth-order valence-electron chi connectivity index (χ4n) is 1.13. The van der Waals surface area contributed by atoms with Crippen molar-refractivity contribution in [1.29, 1.82) is 0 Å². The van der Waals surface area contributed by atoms with E-state index in [0.29, 0.717) is 21.7 Å². The van der Waals surface area contributed by atoms with Crippen molar-refractivity contribution in [3.05, 3.63) is 18.2 Å². The fourth-order valence-corrected chi connectivity index (χ4v) is 2.02. The van der Waals surface area contributed by atoms with Gasteiger partial charge in [-0.25, -0.2) is 4.98 Å². The summed E-state index contributed by atoms with van der Waals surface area (Å²) in [4.78, 5) is 3.51. The summed E-state index contributed by atoms with van der Waals surface area (Å²) in [5, 5.41) is -0.766. The summed E-state index contributed by atoms with van der Waals surface area (Å²) in [7, 11) is 0. The minimum absolute atomic E-state index is 0.238. The maximum atomic E-state index is 12.6. The second-order valence-electron chi connectivity index (χ2n) is 3.32. The summed E-state index contributed by atoms with van der Waals surface area (Å²) in [5.74, 6) is 0. The molecule has 2 N–H and O–H groups in total. The summed E-state index contributed by atoms with van der Waals surface area (Å²) in [6, 6.07) is 4.26. The van der Waals surface area contributed by atoms with Gasteiger partial charge in [-0.2, -0.15) is 22.0 Å². The number of thiazole rings is 1. The first-order chi connectivity index (χ1) is 8.19. The van der Waals surface area contributed by atoms with Gasteiger partial charge >= 0.3 is 12.3 Å². The number of hydrogen-bond donors (Lipinski definition) is 1. The summed E-state index contributed by atoms with van der Waals surface area (Å²) < 4.78 is 65.0. The number of fused-ring (bicyclic) bond motifs is 1. The number of rotatable bonds is 2. The Bertz CT molecular complexity index is 580. The first kappa shape index (κ1) is 12.8. The number of nitrogens with zero attached hydrogens (tertiary/aromatic N) is 1. The number of ether oxygens (including phenoxy) is 1. The van der Waals surface area contributed by atoms with Crippen LogP contribution in [0.15, 0.2) is 18.2 Å². The highest BCUT2D eigenvalue weighted by molar-refractivity contribution is 7.20.